The SMILES string of the molecule is COCC(=O)N(Cc1ccccc1F)C[C@H]1CC(c2ccc(F)cc2F)=NO1. The van der Waals surface area contributed by atoms with Crippen LogP contribution in [0.2, 0.25) is 0 Å². The summed E-state index contributed by atoms with van der Waals surface area (Å²) in [4.78, 5) is 19.1. The monoisotopic (exact) mass is 392 g/mol. The predicted molar refractivity (Wildman–Crippen MR) is 96.1 cm³/mol. The fourth-order valence-electron chi connectivity index (χ4n) is 2.96. The van der Waals surface area contributed by atoms with E-state index in [4.69, 9.17) is 9.57 Å². The minimum absolute atomic E-state index is 0.0367. The van der Waals surface area contributed by atoms with Crippen molar-refractivity contribution in [1.29, 1.82) is 0 Å². The molecule has 2 aromatic rings. The first-order valence-corrected chi connectivity index (χ1v) is 8.66. The highest BCUT2D eigenvalue weighted by Gasteiger charge is 2.28. The third-order valence-corrected chi connectivity index (χ3v) is 4.34. The molecule has 148 valence electrons. The molecule has 0 fully saturated rings. The van der Waals surface area contributed by atoms with Gasteiger partial charge in [-0.3, -0.25) is 4.79 Å². The molecule has 0 saturated carbocycles. The van der Waals surface area contributed by atoms with E-state index in [-0.39, 0.29) is 37.6 Å². The number of rotatable bonds is 7. The maximum atomic E-state index is 14.0. The second-order valence-corrected chi connectivity index (χ2v) is 6.39. The first-order chi connectivity index (χ1) is 13.5. The van der Waals surface area contributed by atoms with E-state index in [0.717, 1.165) is 12.1 Å². The summed E-state index contributed by atoms with van der Waals surface area (Å²) >= 11 is 0. The molecule has 0 N–H and O–H groups in total. The number of nitrogens with zero attached hydrogens (tertiary/aromatic N) is 2. The van der Waals surface area contributed by atoms with Gasteiger partial charge in [-0.25, -0.2) is 13.2 Å². The Morgan fingerprint density at radius 3 is 2.71 bits per heavy atom. The molecule has 0 bridgehead atoms. The molecule has 1 amide bonds. The summed E-state index contributed by atoms with van der Waals surface area (Å²) in [5.74, 6) is -2.17. The van der Waals surface area contributed by atoms with Crippen LogP contribution in [0, 0.1) is 17.5 Å². The number of hydrogen-bond donors (Lipinski definition) is 0. The molecule has 0 aliphatic carbocycles. The average Bonchev–Trinajstić information content (AvgIpc) is 3.11. The lowest BCUT2D eigenvalue weighted by Crippen LogP contribution is -2.39. The van der Waals surface area contributed by atoms with Crippen LogP contribution >= 0.6 is 0 Å². The molecule has 8 heteroatoms. The van der Waals surface area contributed by atoms with Gasteiger partial charge in [0.25, 0.3) is 0 Å². The first-order valence-electron chi connectivity index (χ1n) is 8.66. The summed E-state index contributed by atoms with van der Waals surface area (Å²) in [5.41, 5.74) is 0.830. The second-order valence-electron chi connectivity index (χ2n) is 6.39. The normalized spacial score (nSPS) is 15.9. The van der Waals surface area contributed by atoms with E-state index >= 15 is 0 Å². The van der Waals surface area contributed by atoms with Crippen molar-refractivity contribution in [1.82, 2.24) is 4.90 Å². The van der Waals surface area contributed by atoms with Crippen LogP contribution in [0.5, 0.6) is 0 Å². The molecule has 1 atom stereocenters. The molecular formula is C20H19F3N2O3. The van der Waals surface area contributed by atoms with Gasteiger partial charge in [0.15, 0.2) is 6.10 Å². The summed E-state index contributed by atoms with van der Waals surface area (Å²) in [6, 6.07) is 9.37. The highest BCUT2D eigenvalue weighted by Crippen LogP contribution is 2.21. The Kier molecular flexibility index (Phi) is 6.30. The van der Waals surface area contributed by atoms with E-state index in [0.29, 0.717) is 11.3 Å². The molecular weight excluding hydrogens is 373 g/mol. The fraction of sp³-hybridized carbons (Fsp3) is 0.300. The van der Waals surface area contributed by atoms with Gasteiger partial charge >= 0.3 is 0 Å². The highest BCUT2D eigenvalue weighted by molar-refractivity contribution is 6.01. The number of halogens is 3. The molecule has 1 heterocycles. The highest BCUT2D eigenvalue weighted by atomic mass is 19.1. The Labute approximate surface area is 160 Å². The number of carbonyl (C=O) groups excluding carboxylic acids is 1. The van der Waals surface area contributed by atoms with Crippen molar-refractivity contribution in [2.24, 2.45) is 5.16 Å². The molecule has 0 aromatic heterocycles. The van der Waals surface area contributed by atoms with E-state index in [9.17, 15) is 18.0 Å². The second kappa shape index (κ2) is 8.88. The van der Waals surface area contributed by atoms with Crippen molar-refractivity contribution in [3.63, 3.8) is 0 Å². The zero-order chi connectivity index (χ0) is 20.1. The Bertz CT molecular complexity index is 889. The maximum absolute atomic E-state index is 14.0. The summed E-state index contributed by atoms with van der Waals surface area (Å²) in [6.45, 7) is -0.0111. The molecule has 1 aliphatic heterocycles. The molecule has 3 rings (SSSR count). The average molecular weight is 392 g/mol. The van der Waals surface area contributed by atoms with Crippen molar-refractivity contribution in [2.45, 2.75) is 19.1 Å². The summed E-state index contributed by atoms with van der Waals surface area (Å²) < 4.78 is 45.9. The van der Waals surface area contributed by atoms with Gasteiger partial charge in [-0.15, -0.1) is 0 Å². The number of hydrogen-bond acceptors (Lipinski definition) is 4. The van der Waals surface area contributed by atoms with Crippen LogP contribution in [-0.2, 0) is 20.9 Å². The number of ether oxygens (including phenoxy) is 1. The molecule has 2 aromatic carbocycles. The molecule has 0 unspecified atom stereocenters. The van der Waals surface area contributed by atoms with Gasteiger partial charge in [0, 0.05) is 37.3 Å². The van der Waals surface area contributed by atoms with Crippen LogP contribution in [-0.4, -0.2) is 42.9 Å². The van der Waals surface area contributed by atoms with E-state index in [1.807, 2.05) is 0 Å². The zero-order valence-corrected chi connectivity index (χ0v) is 15.2. The van der Waals surface area contributed by atoms with E-state index < -0.39 is 23.6 Å². The van der Waals surface area contributed by atoms with Gasteiger partial charge in [-0.2, -0.15) is 0 Å². The van der Waals surface area contributed by atoms with Crippen LogP contribution in [0.15, 0.2) is 47.6 Å². The van der Waals surface area contributed by atoms with Crippen LogP contribution in [0.3, 0.4) is 0 Å². The van der Waals surface area contributed by atoms with Crippen molar-refractivity contribution in [3.05, 3.63) is 71.0 Å². The first kappa shape index (κ1) is 19.9. The summed E-state index contributed by atoms with van der Waals surface area (Å²) in [7, 11) is 1.39. The topological polar surface area (TPSA) is 51.1 Å². The van der Waals surface area contributed by atoms with Crippen LogP contribution in [0.1, 0.15) is 17.5 Å². The molecule has 1 aliphatic rings. The lowest BCUT2D eigenvalue weighted by molar-refractivity contribution is -0.137. The van der Waals surface area contributed by atoms with Crippen LogP contribution in [0.4, 0.5) is 13.2 Å². The Balaban J connectivity index is 1.70. The van der Waals surface area contributed by atoms with Gasteiger partial charge in [0.2, 0.25) is 5.91 Å². The van der Waals surface area contributed by atoms with Gasteiger partial charge in [-0.1, -0.05) is 23.4 Å². The van der Waals surface area contributed by atoms with Gasteiger partial charge in [0.1, 0.15) is 24.1 Å². The van der Waals surface area contributed by atoms with Crippen molar-refractivity contribution in [2.75, 3.05) is 20.3 Å². The molecule has 0 radical (unpaired) electrons. The van der Waals surface area contributed by atoms with Crippen LogP contribution < -0.4 is 0 Å². The minimum Gasteiger partial charge on any atom is -0.390 e. The smallest absolute Gasteiger partial charge is 0.248 e. The lowest BCUT2D eigenvalue weighted by atomic mass is 10.0. The summed E-state index contributed by atoms with van der Waals surface area (Å²) in [6.07, 6.45) is -0.302. The third-order valence-electron chi connectivity index (χ3n) is 4.34. The quantitative estimate of drug-likeness (QED) is 0.727. The molecule has 0 saturated heterocycles. The molecule has 28 heavy (non-hydrogen) atoms. The maximum Gasteiger partial charge on any atom is 0.248 e. The van der Waals surface area contributed by atoms with Gasteiger partial charge in [-0.05, 0) is 18.2 Å². The number of benzene rings is 2. The summed E-state index contributed by atoms with van der Waals surface area (Å²) in [5, 5.41) is 3.87. The number of methoxy groups -OCH3 is 1. The Morgan fingerprint density at radius 2 is 2.00 bits per heavy atom. The minimum atomic E-state index is -0.735. The van der Waals surface area contributed by atoms with E-state index in [1.165, 1.54) is 24.1 Å². The van der Waals surface area contributed by atoms with Crippen molar-refractivity contribution >= 4 is 11.6 Å². The van der Waals surface area contributed by atoms with Crippen molar-refractivity contribution < 1.29 is 27.5 Å². The van der Waals surface area contributed by atoms with Crippen molar-refractivity contribution in [3.8, 4) is 0 Å². The number of amides is 1. The van der Waals surface area contributed by atoms with Crippen LogP contribution in [0.25, 0.3) is 0 Å². The van der Waals surface area contributed by atoms with E-state index in [2.05, 4.69) is 5.16 Å². The third kappa shape index (κ3) is 4.69. The Hall–Kier alpha value is -2.87. The lowest BCUT2D eigenvalue weighted by Gasteiger charge is -2.25. The largest absolute Gasteiger partial charge is 0.390 e. The zero-order valence-electron chi connectivity index (χ0n) is 15.2. The number of carbonyl (C=O) groups is 1. The Morgan fingerprint density at radius 1 is 1.21 bits per heavy atom. The van der Waals surface area contributed by atoms with Gasteiger partial charge in [0.05, 0.1) is 12.3 Å². The van der Waals surface area contributed by atoms with E-state index in [1.54, 1.807) is 18.2 Å². The standard InChI is InChI=1S/C20H19F3N2O3/c1-27-12-20(26)25(10-13-4-2-3-5-17(13)22)11-15-9-19(24-28-15)16-7-6-14(21)8-18(16)23/h2-8,15H,9-12H2,1H3/t15-/m1/s1. The van der Waals surface area contributed by atoms with Gasteiger partial charge < -0.3 is 14.5 Å². The molecule has 0 spiro atoms. The number of oxime groups is 1. The fourth-order valence-corrected chi connectivity index (χ4v) is 2.96. The molecule has 5 nitrogen and oxygen atoms in total. The predicted octanol–water partition coefficient (Wildman–Crippen LogP) is 3.27.